The number of rotatable bonds is 2. The van der Waals surface area contributed by atoms with Gasteiger partial charge in [0.15, 0.2) is 0 Å². The lowest BCUT2D eigenvalue weighted by Gasteiger charge is -2.00. The Kier molecular flexibility index (Phi) is 2.78. The number of thiazole rings is 1. The topological polar surface area (TPSA) is 39.2 Å². The van der Waals surface area contributed by atoms with Gasteiger partial charge in [-0.15, -0.1) is 11.3 Å². The van der Waals surface area contributed by atoms with E-state index in [1.54, 1.807) is 12.1 Å². The van der Waals surface area contributed by atoms with Crippen LogP contribution in [-0.4, -0.2) is 11.0 Å². The molecule has 18 heavy (non-hydrogen) atoms. The maximum Gasteiger partial charge on any atom is 0.372 e. The Bertz CT molecular complexity index is 658. The van der Waals surface area contributed by atoms with Crippen LogP contribution in [0.1, 0.15) is 9.80 Å². The third-order valence-electron chi connectivity index (χ3n) is 2.42. The minimum atomic E-state index is -0.414. The summed E-state index contributed by atoms with van der Waals surface area (Å²) in [6, 6.07) is 16.6. The molecule has 0 radical (unpaired) electrons. The van der Waals surface area contributed by atoms with Crippen molar-refractivity contribution in [3.8, 4) is 5.75 Å². The number of carbonyl (C=O) groups is 1. The Morgan fingerprint density at radius 3 is 2.50 bits per heavy atom. The summed E-state index contributed by atoms with van der Waals surface area (Å²) in [5.41, 5.74) is 0.822. The lowest BCUT2D eigenvalue weighted by Crippen LogP contribution is -2.07. The Hall–Kier alpha value is -2.20. The smallest absolute Gasteiger partial charge is 0.372 e. The first-order chi connectivity index (χ1) is 8.83. The molecule has 0 atom stereocenters. The number of nitrogens with zero attached hydrogens (tertiary/aromatic N) is 1. The van der Waals surface area contributed by atoms with Gasteiger partial charge in [-0.2, -0.15) is 0 Å². The van der Waals surface area contributed by atoms with Crippen molar-refractivity contribution in [3.63, 3.8) is 0 Å². The van der Waals surface area contributed by atoms with Crippen LogP contribution in [0.2, 0.25) is 0 Å². The number of aromatic nitrogens is 1. The molecule has 1 heterocycles. The quantitative estimate of drug-likeness (QED) is 0.519. The molecule has 4 heteroatoms. The number of fused-ring (bicyclic) bond motifs is 1. The van der Waals surface area contributed by atoms with Crippen LogP contribution in [0.15, 0.2) is 54.6 Å². The molecule has 0 fully saturated rings. The summed E-state index contributed by atoms with van der Waals surface area (Å²) in [5, 5.41) is 0.375. The fourth-order valence-electron chi connectivity index (χ4n) is 1.60. The summed E-state index contributed by atoms with van der Waals surface area (Å²) in [5.74, 6) is 0.115. The average Bonchev–Trinajstić information content (AvgIpc) is 2.84. The molecule has 0 saturated heterocycles. The van der Waals surface area contributed by atoms with Gasteiger partial charge in [0.1, 0.15) is 5.75 Å². The van der Waals surface area contributed by atoms with E-state index in [4.69, 9.17) is 4.74 Å². The summed E-state index contributed by atoms with van der Waals surface area (Å²) in [7, 11) is 0. The van der Waals surface area contributed by atoms with Gasteiger partial charge in [-0.05, 0) is 24.3 Å². The van der Waals surface area contributed by atoms with Crippen molar-refractivity contribution in [2.45, 2.75) is 0 Å². The van der Waals surface area contributed by atoms with Gasteiger partial charge < -0.3 is 4.74 Å². The van der Waals surface area contributed by atoms with E-state index in [0.29, 0.717) is 10.8 Å². The van der Waals surface area contributed by atoms with Crippen LogP contribution in [0.4, 0.5) is 0 Å². The van der Waals surface area contributed by atoms with Crippen LogP contribution in [-0.2, 0) is 0 Å². The molecular formula is C14H9NO2S. The first-order valence-corrected chi connectivity index (χ1v) is 6.27. The van der Waals surface area contributed by atoms with E-state index in [2.05, 4.69) is 4.98 Å². The van der Waals surface area contributed by atoms with E-state index < -0.39 is 5.97 Å². The molecule has 88 valence electrons. The summed E-state index contributed by atoms with van der Waals surface area (Å²) < 4.78 is 6.22. The van der Waals surface area contributed by atoms with Crippen LogP contribution in [0.25, 0.3) is 10.2 Å². The maximum absolute atomic E-state index is 11.9. The lowest BCUT2D eigenvalue weighted by atomic mass is 10.3. The van der Waals surface area contributed by atoms with E-state index in [-0.39, 0.29) is 0 Å². The van der Waals surface area contributed by atoms with Crippen LogP contribution in [0, 0.1) is 0 Å². The summed E-state index contributed by atoms with van der Waals surface area (Å²) in [6.45, 7) is 0. The highest BCUT2D eigenvalue weighted by molar-refractivity contribution is 7.20. The number of hydrogen-bond acceptors (Lipinski definition) is 4. The Morgan fingerprint density at radius 1 is 1.00 bits per heavy atom. The molecule has 0 amide bonds. The molecule has 3 aromatic rings. The third-order valence-corrected chi connectivity index (χ3v) is 3.44. The number of ether oxygens (including phenoxy) is 1. The average molecular weight is 255 g/mol. The van der Waals surface area contributed by atoms with Crippen molar-refractivity contribution in [1.82, 2.24) is 4.98 Å². The van der Waals surface area contributed by atoms with Crippen molar-refractivity contribution in [1.29, 1.82) is 0 Å². The van der Waals surface area contributed by atoms with Gasteiger partial charge in [0.05, 0.1) is 10.2 Å². The molecule has 0 aliphatic rings. The Balaban J connectivity index is 1.88. The molecule has 0 saturated carbocycles. The zero-order valence-electron chi connectivity index (χ0n) is 9.37. The number of esters is 1. The molecule has 0 N–H and O–H groups in total. The van der Waals surface area contributed by atoms with Crippen LogP contribution in [0.5, 0.6) is 5.75 Å². The predicted octanol–water partition coefficient (Wildman–Crippen LogP) is 3.52. The first kappa shape index (κ1) is 10.9. The predicted molar refractivity (Wildman–Crippen MR) is 71.0 cm³/mol. The van der Waals surface area contributed by atoms with E-state index in [0.717, 1.165) is 10.2 Å². The lowest BCUT2D eigenvalue weighted by molar-refractivity contribution is 0.0734. The summed E-state index contributed by atoms with van der Waals surface area (Å²) in [4.78, 5) is 16.2. The third kappa shape index (κ3) is 2.10. The monoisotopic (exact) mass is 255 g/mol. The molecule has 3 nitrogen and oxygen atoms in total. The second-order valence-corrected chi connectivity index (χ2v) is 4.72. The zero-order chi connectivity index (χ0) is 12.4. The molecule has 1 aromatic heterocycles. The van der Waals surface area contributed by atoms with Crippen molar-refractivity contribution in [2.75, 3.05) is 0 Å². The molecule has 2 aromatic carbocycles. The highest BCUT2D eigenvalue weighted by Crippen LogP contribution is 2.22. The zero-order valence-corrected chi connectivity index (χ0v) is 10.2. The second kappa shape index (κ2) is 4.58. The minimum Gasteiger partial charge on any atom is -0.421 e. The highest BCUT2D eigenvalue weighted by Gasteiger charge is 2.14. The van der Waals surface area contributed by atoms with Gasteiger partial charge in [-0.3, -0.25) is 0 Å². The molecule has 0 aliphatic heterocycles. The van der Waals surface area contributed by atoms with E-state index in [9.17, 15) is 4.79 Å². The molecule has 3 rings (SSSR count). The normalized spacial score (nSPS) is 10.4. The maximum atomic E-state index is 11.9. The number of para-hydroxylation sites is 2. The van der Waals surface area contributed by atoms with Gasteiger partial charge in [-0.1, -0.05) is 30.3 Å². The number of carbonyl (C=O) groups excluding carboxylic acids is 1. The van der Waals surface area contributed by atoms with Gasteiger partial charge in [0, 0.05) is 0 Å². The minimum absolute atomic E-state index is 0.375. The van der Waals surface area contributed by atoms with Crippen molar-refractivity contribution < 1.29 is 9.53 Å². The Labute approximate surface area is 108 Å². The number of benzene rings is 2. The summed E-state index contributed by atoms with van der Waals surface area (Å²) in [6.07, 6.45) is 0. The van der Waals surface area contributed by atoms with Gasteiger partial charge in [0.25, 0.3) is 0 Å². The van der Waals surface area contributed by atoms with Crippen LogP contribution >= 0.6 is 11.3 Å². The van der Waals surface area contributed by atoms with Crippen molar-refractivity contribution in [3.05, 3.63) is 59.6 Å². The SMILES string of the molecule is O=C(Oc1ccccc1)c1nc2ccccc2s1. The first-order valence-electron chi connectivity index (χ1n) is 5.46. The van der Waals surface area contributed by atoms with E-state index >= 15 is 0 Å². The van der Waals surface area contributed by atoms with Gasteiger partial charge in [0.2, 0.25) is 5.01 Å². The largest absolute Gasteiger partial charge is 0.421 e. The molecule has 0 unspecified atom stereocenters. The highest BCUT2D eigenvalue weighted by atomic mass is 32.1. The van der Waals surface area contributed by atoms with Gasteiger partial charge in [-0.25, -0.2) is 9.78 Å². The summed E-state index contributed by atoms with van der Waals surface area (Å²) >= 11 is 1.34. The van der Waals surface area contributed by atoms with E-state index in [1.807, 2.05) is 42.5 Å². The molecule has 0 bridgehead atoms. The Morgan fingerprint density at radius 2 is 1.72 bits per heavy atom. The van der Waals surface area contributed by atoms with E-state index in [1.165, 1.54) is 11.3 Å². The van der Waals surface area contributed by atoms with Crippen molar-refractivity contribution in [2.24, 2.45) is 0 Å². The van der Waals surface area contributed by atoms with Gasteiger partial charge >= 0.3 is 5.97 Å². The molecular weight excluding hydrogens is 246 g/mol. The fraction of sp³-hybridized carbons (Fsp3) is 0. The second-order valence-electron chi connectivity index (χ2n) is 3.69. The fourth-order valence-corrected chi connectivity index (χ4v) is 2.44. The molecule has 0 aliphatic carbocycles. The number of hydrogen-bond donors (Lipinski definition) is 0. The molecule has 0 spiro atoms. The van der Waals surface area contributed by atoms with Crippen LogP contribution < -0.4 is 4.74 Å². The van der Waals surface area contributed by atoms with Crippen LogP contribution in [0.3, 0.4) is 0 Å². The standard InChI is InChI=1S/C14H9NO2S/c16-14(17-10-6-2-1-3-7-10)13-15-11-8-4-5-9-12(11)18-13/h1-9H. The van der Waals surface area contributed by atoms with Crippen molar-refractivity contribution >= 4 is 27.5 Å².